The number of halogens is 1. The van der Waals surface area contributed by atoms with Crippen LogP contribution in [0.25, 0.3) is 0 Å². The maximum atomic E-state index is 12.7. The average Bonchev–Trinajstić information content (AvgIpc) is 2.21. The summed E-state index contributed by atoms with van der Waals surface area (Å²) in [6, 6.07) is 6.81. The van der Waals surface area contributed by atoms with E-state index in [0.29, 0.717) is 0 Å². The van der Waals surface area contributed by atoms with Crippen molar-refractivity contribution >= 4 is 0 Å². The van der Waals surface area contributed by atoms with Crippen LogP contribution in [0.1, 0.15) is 24.4 Å². The van der Waals surface area contributed by atoms with Crippen LogP contribution in [0, 0.1) is 5.82 Å². The molecular weight excluding hydrogens is 193 g/mol. The number of aliphatic hydroxyl groups is 1. The molecule has 3 heteroatoms. The highest BCUT2D eigenvalue weighted by Crippen LogP contribution is 2.23. The molecule has 0 amide bonds. The number of rotatable bonds is 5. The second-order valence-electron chi connectivity index (χ2n) is 3.90. The van der Waals surface area contributed by atoms with E-state index in [-0.39, 0.29) is 18.5 Å². The van der Waals surface area contributed by atoms with Crippen LogP contribution in [0.4, 0.5) is 4.39 Å². The van der Waals surface area contributed by atoms with E-state index in [1.54, 1.807) is 12.1 Å². The van der Waals surface area contributed by atoms with E-state index in [4.69, 9.17) is 5.11 Å². The van der Waals surface area contributed by atoms with E-state index in [0.717, 1.165) is 18.4 Å². The average molecular weight is 211 g/mol. The van der Waals surface area contributed by atoms with Crippen LogP contribution >= 0.6 is 0 Å². The highest BCUT2D eigenvalue weighted by atomic mass is 19.1. The molecular formula is C12H18FNO. The maximum absolute atomic E-state index is 12.7. The summed E-state index contributed by atoms with van der Waals surface area (Å²) in [6.07, 6.45) is 1.65. The quantitative estimate of drug-likeness (QED) is 0.807. The lowest BCUT2D eigenvalue weighted by Crippen LogP contribution is -2.20. The zero-order chi connectivity index (χ0) is 11.3. The fourth-order valence-corrected chi connectivity index (χ4v) is 1.69. The van der Waals surface area contributed by atoms with Crippen LogP contribution in [0.2, 0.25) is 0 Å². The van der Waals surface area contributed by atoms with Crippen molar-refractivity contribution in [1.29, 1.82) is 0 Å². The fraction of sp³-hybridized carbons (Fsp3) is 0.500. The summed E-state index contributed by atoms with van der Waals surface area (Å²) < 4.78 is 12.7. The molecule has 15 heavy (non-hydrogen) atoms. The molecule has 1 atom stereocenters. The van der Waals surface area contributed by atoms with Gasteiger partial charge in [0.2, 0.25) is 0 Å². The first kappa shape index (κ1) is 12.1. The summed E-state index contributed by atoms with van der Waals surface area (Å²) in [6.45, 7) is 0.200. The predicted molar refractivity (Wildman–Crippen MR) is 59.1 cm³/mol. The summed E-state index contributed by atoms with van der Waals surface area (Å²) in [5, 5.41) is 8.81. The monoisotopic (exact) mass is 211 g/mol. The molecule has 0 aliphatic rings. The van der Waals surface area contributed by atoms with Crippen LogP contribution in [-0.2, 0) is 0 Å². The Hall–Kier alpha value is -0.930. The Balaban J connectivity index is 2.74. The van der Waals surface area contributed by atoms with Crippen LogP contribution in [-0.4, -0.2) is 30.7 Å². The van der Waals surface area contributed by atoms with Crippen LogP contribution in [0.3, 0.4) is 0 Å². The molecule has 0 saturated carbocycles. The Bertz CT molecular complexity index is 284. The first-order chi connectivity index (χ1) is 7.15. The van der Waals surface area contributed by atoms with Gasteiger partial charge in [-0.3, -0.25) is 0 Å². The van der Waals surface area contributed by atoms with Crippen molar-refractivity contribution in [3.8, 4) is 0 Å². The van der Waals surface area contributed by atoms with Gasteiger partial charge in [-0.1, -0.05) is 12.1 Å². The smallest absolute Gasteiger partial charge is 0.123 e. The number of hydrogen-bond acceptors (Lipinski definition) is 2. The van der Waals surface area contributed by atoms with E-state index in [1.165, 1.54) is 12.1 Å². The Morgan fingerprint density at radius 1 is 1.27 bits per heavy atom. The van der Waals surface area contributed by atoms with Crippen LogP contribution < -0.4 is 0 Å². The van der Waals surface area contributed by atoms with E-state index in [2.05, 4.69) is 4.90 Å². The van der Waals surface area contributed by atoms with Gasteiger partial charge >= 0.3 is 0 Å². The summed E-state index contributed by atoms with van der Waals surface area (Å²) in [5.41, 5.74) is 1.09. The highest BCUT2D eigenvalue weighted by Gasteiger charge is 2.13. The van der Waals surface area contributed by atoms with Crippen molar-refractivity contribution in [2.24, 2.45) is 0 Å². The van der Waals surface area contributed by atoms with Gasteiger partial charge in [-0.05, 0) is 44.6 Å². The second kappa shape index (κ2) is 5.83. The molecule has 0 bridgehead atoms. The van der Waals surface area contributed by atoms with Gasteiger partial charge in [0.15, 0.2) is 0 Å². The summed E-state index contributed by atoms with van der Waals surface area (Å²) in [4.78, 5) is 2.09. The van der Waals surface area contributed by atoms with Crippen molar-refractivity contribution in [3.05, 3.63) is 35.6 Å². The summed E-state index contributed by atoms with van der Waals surface area (Å²) in [5.74, 6) is -0.210. The van der Waals surface area contributed by atoms with Crippen molar-refractivity contribution in [3.63, 3.8) is 0 Å². The molecule has 84 valence electrons. The third-order valence-corrected chi connectivity index (χ3v) is 2.51. The molecule has 0 fully saturated rings. The zero-order valence-corrected chi connectivity index (χ0v) is 9.28. The van der Waals surface area contributed by atoms with Gasteiger partial charge < -0.3 is 10.0 Å². The summed E-state index contributed by atoms with van der Waals surface area (Å²) >= 11 is 0. The number of benzene rings is 1. The predicted octanol–water partition coefficient (Wildman–Crippen LogP) is 2.20. The molecule has 1 rings (SSSR count). The van der Waals surface area contributed by atoms with Crippen molar-refractivity contribution in [2.75, 3.05) is 20.7 Å². The Morgan fingerprint density at radius 2 is 1.87 bits per heavy atom. The van der Waals surface area contributed by atoms with Crippen LogP contribution in [0.15, 0.2) is 24.3 Å². The van der Waals surface area contributed by atoms with Gasteiger partial charge in [-0.25, -0.2) is 4.39 Å². The van der Waals surface area contributed by atoms with Crippen LogP contribution in [0.5, 0.6) is 0 Å². The molecule has 0 heterocycles. The Kier molecular flexibility index (Phi) is 4.72. The molecule has 2 nitrogen and oxygen atoms in total. The zero-order valence-electron chi connectivity index (χ0n) is 9.28. The van der Waals surface area contributed by atoms with Gasteiger partial charge in [0.25, 0.3) is 0 Å². The SMILES string of the molecule is CN(C)C(CCCO)c1ccc(F)cc1. The van der Waals surface area contributed by atoms with E-state index < -0.39 is 0 Å². The normalized spacial score (nSPS) is 13.1. The van der Waals surface area contributed by atoms with Crippen molar-refractivity contribution in [1.82, 2.24) is 4.90 Å². The molecule has 0 spiro atoms. The van der Waals surface area contributed by atoms with Gasteiger partial charge in [-0.15, -0.1) is 0 Å². The Morgan fingerprint density at radius 3 is 2.33 bits per heavy atom. The minimum atomic E-state index is -0.210. The number of aliphatic hydroxyl groups excluding tert-OH is 1. The van der Waals surface area contributed by atoms with E-state index in [1.807, 2.05) is 14.1 Å². The van der Waals surface area contributed by atoms with Gasteiger partial charge in [0.1, 0.15) is 5.82 Å². The van der Waals surface area contributed by atoms with Crippen molar-refractivity contribution in [2.45, 2.75) is 18.9 Å². The number of nitrogens with zero attached hydrogens (tertiary/aromatic N) is 1. The van der Waals surface area contributed by atoms with Gasteiger partial charge in [-0.2, -0.15) is 0 Å². The topological polar surface area (TPSA) is 23.5 Å². The molecule has 0 aliphatic carbocycles. The standard InChI is InChI=1S/C12H18FNO/c1-14(2)12(4-3-9-15)10-5-7-11(13)8-6-10/h5-8,12,15H,3-4,9H2,1-2H3. The maximum Gasteiger partial charge on any atom is 0.123 e. The molecule has 0 aromatic heterocycles. The Labute approximate surface area is 90.3 Å². The highest BCUT2D eigenvalue weighted by molar-refractivity contribution is 5.19. The minimum absolute atomic E-state index is 0.200. The van der Waals surface area contributed by atoms with Gasteiger partial charge in [0.05, 0.1) is 0 Å². The lowest BCUT2D eigenvalue weighted by atomic mass is 10.0. The molecule has 0 radical (unpaired) electrons. The van der Waals surface area contributed by atoms with E-state index in [9.17, 15) is 4.39 Å². The third kappa shape index (κ3) is 3.61. The molecule has 1 unspecified atom stereocenters. The molecule has 1 aromatic carbocycles. The lowest BCUT2D eigenvalue weighted by molar-refractivity contribution is 0.235. The second-order valence-corrected chi connectivity index (χ2v) is 3.90. The lowest BCUT2D eigenvalue weighted by Gasteiger charge is -2.24. The molecule has 0 aliphatic heterocycles. The summed E-state index contributed by atoms with van der Waals surface area (Å²) in [7, 11) is 3.98. The molecule has 1 N–H and O–H groups in total. The molecule has 0 saturated heterocycles. The number of hydrogen-bond donors (Lipinski definition) is 1. The van der Waals surface area contributed by atoms with E-state index >= 15 is 0 Å². The third-order valence-electron chi connectivity index (χ3n) is 2.51. The van der Waals surface area contributed by atoms with Crippen molar-refractivity contribution < 1.29 is 9.50 Å². The van der Waals surface area contributed by atoms with Gasteiger partial charge in [0, 0.05) is 12.6 Å². The first-order valence-corrected chi connectivity index (χ1v) is 5.18. The first-order valence-electron chi connectivity index (χ1n) is 5.18. The molecule has 1 aromatic rings. The largest absolute Gasteiger partial charge is 0.396 e. The minimum Gasteiger partial charge on any atom is -0.396 e. The fourth-order valence-electron chi connectivity index (χ4n) is 1.69.